The number of halogens is 1. The molecule has 0 radical (unpaired) electrons. The summed E-state index contributed by atoms with van der Waals surface area (Å²) in [5.41, 5.74) is 1.07. The van der Waals surface area contributed by atoms with Crippen LogP contribution in [0.2, 0.25) is 0 Å². The zero-order valence-electron chi connectivity index (χ0n) is 13.7. The first kappa shape index (κ1) is 17.0. The van der Waals surface area contributed by atoms with Crippen LogP contribution in [0.1, 0.15) is 23.2 Å². The van der Waals surface area contributed by atoms with E-state index in [0.717, 1.165) is 5.69 Å². The molecular weight excluding hydrogens is 321 g/mol. The molecule has 2 aromatic carbocycles. The van der Waals surface area contributed by atoms with Crippen LogP contribution in [0.25, 0.3) is 0 Å². The largest absolute Gasteiger partial charge is 0.349 e. The van der Waals surface area contributed by atoms with E-state index in [9.17, 15) is 14.0 Å². The number of nitrogens with zero attached hydrogens (tertiary/aromatic N) is 1. The zero-order chi connectivity index (χ0) is 17.6. The molecule has 1 fully saturated rings. The lowest BCUT2D eigenvalue weighted by Crippen LogP contribution is -2.47. The molecule has 2 N–H and O–H groups in total. The fourth-order valence-electron chi connectivity index (χ4n) is 2.85. The molecule has 0 unspecified atom stereocenters. The molecule has 25 heavy (non-hydrogen) atoms. The van der Waals surface area contributed by atoms with E-state index < -0.39 is 5.82 Å². The summed E-state index contributed by atoms with van der Waals surface area (Å²) in [6, 6.07) is 14.8. The third-order valence-electron chi connectivity index (χ3n) is 4.23. The number of piperidine rings is 1. The molecule has 0 atom stereocenters. The number of carbonyl (C=O) groups is 2. The summed E-state index contributed by atoms with van der Waals surface area (Å²) >= 11 is 0. The molecule has 1 saturated heterocycles. The monoisotopic (exact) mass is 341 g/mol. The minimum atomic E-state index is -0.431. The molecule has 0 aromatic heterocycles. The number of urea groups is 1. The summed E-state index contributed by atoms with van der Waals surface area (Å²) in [5.74, 6) is -0.716. The maximum Gasteiger partial charge on any atom is 0.321 e. The van der Waals surface area contributed by atoms with Gasteiger partial charge in [-0.05, 0) is 43.2 Å². The lowest BCUT2D eigenvalue weighted by Gasteiger charge is -2.32. The van der Waals surface area contributed by atoms with Gasteiger partial charge in [-0.3, -0.25) is 4.79 Å². The van der Waals surface area contributed by atoms with Gasteiger partial charge in [0.1, 0.15) is 5.82 Å². The lowest BCUT2D eigenvalue weighted by atomic mass is 10.0. The Kier molecular flexibility index (Phi) is 5.28. The average Bonchev–Trinajstić information content (AvgIpc) is 2.63. The van der Waals surface area contributed by atoms with Crippen molar-refractivity contribution in [3.05, 3.63) is 66.0 Å². The smallest absolute Gasteiger partial charge is 0.321 e. The van der Waals surface area contributed by atoms with Crippen LogP contribution in [0.3, 0.4) is 0 Å². The van der Waals surface area contributed by atoms with Gasteiger partial charge in [-0.15, -0.1) is 0 Å². The van der Waals surface area contributed by atoms with Crippen molar-refractivity contribution < 1.29 is 14.0 Å². The number of hydrogen-bond donors (Lipinski definition) is 2. The Bertz CT molecular complexity index is 743. The van der Waals surface area contributed by atoms with E-state index in [4.69, 9.17) is 0 Å². The quantitative estimate of drug-likeness (QED) is 0.900. The van der Waals surface area contributed by atoms with E-state index in [1.165, 1.54) is 18.2 Å². The van der Waals surface area contributed by atoms with Crippen LogP contribution in [-0.2, 0) is 0 Å². The molecule has 0 aliphatic carbocycles. The summed E-state index contributed by atoms with van der Waals surface area (Å²) < 4.78 is 13.2. The third-order valence-corrected chi connectivity index (χ3v) is 4.23. The van der Waals surface area contributed by atoms with Crippen molar-refractivity contribution in [1.82, 2.24) is 10.2 Å². The SMILES string of the molecule is O=C(NC1CCN(C(=O)Nc2ccccc2)CC1)c1cccc(F)c1. The van der Waals surface area contributed by atoms with Crippen LogP contribution in [0, 0.1) is 5.82 Å². The topological polar surface area (TPSA) is 61.4 Å². The first-order valence-electron chi connectivity index (χ1n) is 8.29. The number of nitrogens with one attached hydrogen (secondary N) is 2. The van der Waals surface area contributed by atoms with Gasteiger partial charge in [-0.2, -0.15) is 0 Å². The number of para-hydroxylation sites is 1. The van der Waals surface area contributed by atoms with Crippen molar-refractivity contribution in [1.29, 1.82) is 0 Å². The molecule has 0 spiro atoms. The van der Waals surface area contributed by atoms with Crippen LogP contribution < -0.4 is 10.6 Å². The number of amides is 3. The maximum atomic E-state index is 13.2. The Morgan fingerprint density at radius 2 is 1.72 bits per heavy atom. The van der Waals surface area contributed by atoms with Crippen molar-refractivity contribution in [2.24, 2.45) is 0 Å². The van der Waals surface area contributed by atoms with Crippen molar-refractivity contribution in [3.63, 3.8) is 0 Å². The fourth-order valence-corrected chi connectivity index (χ4v) is 2.85. The number of likely N-dealkylation sites (tertiary alicyclic amines) is 1. The Hall–Kier alpha value is -2.89. The second kappa shape index (κ2) is 7.79. The summed E-state index contributed by atoms with van der Waals surface area (Å²) in [6.07, 6.45) is 1.34. The second-order valence-electron chi connectivity index (χ2n) is 6.04. The van der Waals surface area contributed by atoms with E-state index in [1.54, 1.807) is 11.0 Å². The standard InChI is InChI=1S/C19H20FN3O2/c20-15-6-4-5-14(13-15)18(24)21-17-9-11-23(12-10-17)19(25)22-16-7-2-1-3-8-16/h1-8,13,17H,9-12H2,(H,21,24)(H,22,25). The van der Waals surface area contributed by atoms with Crippen LogP contribution >= 0.6 is 0 Å². The van der Waals surface area contributed by atoms with Crippen LogP contribution in [0.15, 0.2) is 54.6 Å². The Labute approximate surface area is 145 Å². The van der Waals surface area contributed by atoms with E-state index in [2.05, 4.69) is 10.6 Å². The third kappa shape index (κ3) is 4.56. The van der Waals surface area contributed by atoms with Crippen molar-refractivity contribution in [3.8, 4) is 0 Å². The molecule has 2 aromatic rings. The number of benzene rings is 2. The molecular formula is C19H20FN3O2. The van der Waals surface area contributed by atoms with E-state index in [0.29, 0.717) is 31.5 Å². The molecule has 0 saturated carbocycles. The summed E-state index contributed by atoms with van der Waals surface area (Å²) in [6.45, 7) is 1.12. The van der Waals surface area contributed by atoms with Gasteiger partial charge < -0.3 is 15.5 Å². The lowest BCUT2D eigenvalue weighted by molar-refractivity contribution is 0.0919. The highest BCUT2D eigenvalue weighted by atomic mass is 19.1. The van der Waals surface area contributed by atoms with E-state index in [1.807, 2.05) is 30.3 Å². The summed E-state index contributed by atoms with van der Waals surface area (Å²) in [5, 5.41) is 5.76. The summed E-state index contributed by atoms with van der Waals surface area (Å²) in [4.78, 5) is 26.1. The highest BCUT2D eigenvalue weighted by Crippen LogP contribution is 2.14. The number of rotatable bonds is 3. The minimum Gasteiger partial charge on any atom is -0.349 e. The predicted molar refractivity (Wildman–Crippen MR) is 93.9 cm³/mol. The molecule has 3 rings (SSSR count). The highest BCUT2D eigenvalue weighted by molar-refractivity contribution is 5.94. The predicted octanol–water partition coefficient (Wildman–Crippen LogP) is 3.25. The molecule has 3 amide bonds. The molecule has 0 bridgehead atoms. The van der Waals surface area contributed by atoms with E-state index >= 15 is 0 Å². The first-order valence-corrected chi connectivity index (χ1v) is 8.29. The number of hydrogen-bond acceptors (Lipinski definition) is 2. The van der Waals surface area contributed by atoms with E-state index in [-0.39, 0.29) is 18.0 Å². The molecule has 1 aliphatic rings. The number of carbonyl (C=O) groups excluding carboxylic acids is 2. The summed E-state index contributed by atoms with van der Waals surface area (Å²) in [7, 11) is 0. The van der Waals surface area contributed by atoms with Gasteiger partial charge in [-0.1, -0.05) is 24.3 Å². The Morgan fingerprint density at radius 1 is 1.00 bits per heavy atom. The van der Waals surface area contributed by atoms with Gasteiger partial charge in [0, 0.05) is 30.4 Å². The molecule has 1 aliphatic heterocycles. The normalized spacial score (nSPS) is 14.8. The van der Waals surface area contributed by atoms with Gasteiger partial charge >= 0.3 is 6.03 Å². The first-order chi connectivity index (χ1) is 12.1. The van der Waals surface area contributed by atoms with Crippen molar-refractivity contribution >= 4 is 17.6 Å². The van der Waals surface area contributed by atoms with Crippen molar-refractivity contribution in [2.45, 2.75) is 18.9 Å². The van der Waals surface area contributed by atoms with Gasteiger partial charge in [-0.25, -0.2) is 9.18 Å². The Morgan fingerprint density at radius 3 is 2.40 bits per heavy atom. The molecule has 1 heterocycles. The fraction of sp³-hybridized carbons (Fsp3) is 0.263. The highest BCUT2D eigenvalue weighted by Gasteiger charge is 2.24. The zero-order valence-corrected chi connectivity index (χ0v) is 13.7. The van der Waals surface area contributed by atoms with Crippen LogP contribution in [0.5, 0.6) is 0 Å². The Balaban J connectivity index is 1.48. The number of anilines is 1. The van der Waals surface area contributed by atoms with Crippen LogP contribution in [0.4, 0.5) is 14.9 Å². The molecule has 5 nitrogen and oxygen atoms in total. The van der Waals surface area contributed by atoms with Crippen LogP contribution in [-0.4, -0.2) is 36.0 Å². The second-order valence-corrected chi connectivity index (χ2v) is 6.04. The minimum absolute atomic E-state index is 0.0171. The molecule has 6 heteroatoms. The van der Waals surface area contributed by atoms with Crippen molar-refractivity contribution in [2.75, 3.05) is 18.4 Å². The van der Waals surface area contributed by atoms with Gasteiger partial charge in [0.05, 0.1) is 0 Å². The molecule has 130 valence electrons. The average molecular weight is 341 g/mol. The van der Waals surface area contributed by atoms with Gasteiger partial charge in [0.25, 0.3) is 5.91 Å². The maximum absolute atomic E-state index is 13.2. The van der Waals surface area contributed by atoms with Gasteiger partial charge in [0.2, 0.25) is 0 Å². The van der Waals surface area contributed by atoms with Gasteiger partial charge in [0.15, 0.2) is 0 Å².